The van der Waals surface area contributed by atoms with Gasteiger partial charge in [0.1, 0.15) is 5.82 Å². The molecule has 6 heteroatoms. The second kappa shape index (κ2) is 7.74. The maximum atomic E-state index is 13.2. The number of benzene rings is 2. The van der Waals surface area contributed by atoms with E-state index in [9.17, 15) is 9.18 Å². The maximum absolute atomic E-state index is 13.2. The van der Waals surface area contributed by atoms with Gasteiger partial charge in [-0.3, -0.25) is 4.79 Å². The molecule has 0 aliphatic rings. The van der Waals surface area contributed by atoms with Gasteiger partial charge in [-0.05, 0) is 47.9 Å². The molecule has 0 spiro atoms. The van der Waals surface area contributed by atoms with Gasteiger partial charge >= 0.3 is 0 Å². The van der Waals surface area contributed by atoms with Crippen molar-refractivity contribution in [2.45, 2.75) is 19.8 Å². The second-order valence-corrected chi connectivity index (χ2v) is 6.14. The molecular weight excluding hydrogens is 331 g/mol. The number of nitrogens with one attached hydrogen (secondary N) is 2. The number of para-hydroxylation sites is 1. The van der Waals surface area contributed by atoms with E-state index in [0.717, 1.165) is 11.3 Å². The predicted octanol–water partition coefficient (Wildman–Crippen LogP) is 4.74. The number of halogens is 1. The number of anilines is 3. The Kier molecular flexibility index (Phi) is 5.22. The number of nitrogens with zero attached hydrogens (tertiary/aromatic N) is 2. The highest BCUT2D eigenvalue weighted by molar-refractivity contribution is 6.03. The fraction of sp³-hybridized carbons (Fsp3) is 0.150. The molecule has 3 rings (SSSR count). The van der Waals surface area contributed by atoms with Crippen molar-refractivity contribution >= 4 is 23.1 Å². The normalized spacial score (nSPS) is 10.6. The molecule has 26 heavy (non-hydrogen) atoms. The van der Waals surface area contributed by atoms with E-state index in [4.69, 9.17) is 0 Å². The molecule has 1 amide bonds. The Hall–Kier alpha value is -3.28. The molecule has 0 aliphatic carbocycles. The van der Waals surface area contributed by atoms with Gasteiger partial charge in [-0.1, -0.05) is 38.1 Å². The molecule has 0 fully saturated rings. The maximum Gasteiger partial charge on any atom is 0.276 e. The van der Waals surface area contributed by atoms with E-state index in [1.54, 1.807) is 24.3 Å². The van der Waals surface area contributed by atoms with E-state index >= 15 is 0 Å². The first-order valence-corrected chi connectivity index (χ1v) is 8.29. The van der Waals surface area contributed by atoms with Crippen LogP contribution in [0.3, 0.4) is 0 Å². The Morgan fingerprint density at radius 3 is 2.50 bits per heavy atom. The fourth-order valence-corrected chi connectivity index (χ4v) is 2.53. The van der Waals surface area contributed by atoms with Crippen molar-refractivity contribution in [2.24, 2.45) is 0 Å². The molecule has 3 aromatic rings. The molecule has 2 N–H and O–H groups in total. The predicted molar refractivity (Wildman–Crippen MR) is 100 cm³/mol. The number of hydrogen-bond donors (Lipinski definition) is 2. The van der Waals surface area contributed by atoms with Crippen LogP contribution in [0.5, 0.6) is 0 Å². The van der Waals surface area contributed by atoms with E-state index in [-0.39, 0.29) is 23.3 Å². The van der Waals surface area contributed by atoms with Crippen molar-refractivity contribution in [3.8, 4) is 0 Å². The van der Waals surface area contributed by atoms with Crippen molar-refractivity contribution < 1.29 is 9.18 Å². The van der Waals surface area contributed by atoms with Gasteiger partial charge in [0.15, 0.2) is 11.5 Å². The molecule has 5 nitrogen and oxygen atoms in total. The van der Waals surface area contributed by atoms with E-state index in [1.165, 1.54) is 12.1 Å². The molecule has 0 saturated carbocycles. The number of rotatable bonds is 5. The first-order chi connectivity index (χ1) is 12.5. The van der Waals surface area contributed by atoms with Crippen LogP contribution in [0.1, 0.15) is 35.8 Å². The topological polar surface area (TPSA) is 66.9 Å². The molecule has 0 unspecified atom stereocenters. The van der Waals surface area contributed by atoms with Crippen LogP contribution in [0.15, 0.2) is 60.7 Å². The summed E-state index contributed by atoms with van der Waals surface area (Å²) in [7, 11) is 0. The lowest BCUT2D eigenvalue weighted by Crippen LogP contribution is -2.16. The van der Waals surface area contributed by atoms with Crippen LogP contribution in [-0.2, 0) is 0 Å². The summed E-state index contributed by atoms with van der Waals surface area (Å²) in [5.74, 6) is 0.0378. The van der Waals surface area contributed by atoms with E-state index < -0.39 is 0 Å². The summed E-state index contributed by atoms with van der Waals surface area (Å²) in [5, 5.41) is 13.7. The summed E-state index contributed by atoms with van der Waals surface area (Å²) < 4.78 is 13.2. The van der Waals surface area contributed by atoms with Crippen LogP contribution >= 0.6 is 0 Å². The molecule has 132 valence electrons. The van der Waals surface area contributed by atoms with Crippen LogP contribution in [0.4, 0.5) is 21.6 Å². The van der Waals surface area contributed by atoms with Crippen molar-refractivity contribution in [2.75, 3.05) is 10.6 Å². The highest BCUT2D eigenvalue weighted by atomic mass is 19.1. The Balaban J connectivity index is 1.71. The molecule has 0 aliphatic heterocycles. The number of aromatic nitrogens is 2. The fourth-order valence-electron chi connectivity index (χ4n) is 2.53. The summed E-state index contributed by atoms with van der Waals surface area (Å²) in [6.07, 6.45) is 0. The van der Waals surface area contributed by atoms with Crippen LogP contribution in [0.25, 0.3) is 0 Å². The van der Waals surface area contributed by atoms with Gasteiger partial charge in [0, 0.05) is 11.4 Å². The third kappa shape index (κ3) is 4.22. The zero-order valence-corrected chi connectivity index (χ0v) is 14.5. The zero-order chi connectivity index (χ0) is 18.5. The van der Waals surface area contributed by atoms with Crippen LogP contribution in [0, 0.1) is 5.82 Å². The molecule has 1 heterocycles. The highest BCUT2D eigenvalue weighted by Crippen LogP contribution is 2.24. The number of carbonyl (C=O) groups excluding carboxylic acids is 1. The van der Waals surface area contributed by atoms with Crippen molar-refractivity contribution in [3.05, 3.63) is 77.7 Å². The lowest BCUT2D eigenvalue weighted by molar-refractivity contribution is 0.102. The van der Waals surface area contributed by atoms with E-state index in [1.807, 2.05) is 24.3 Å². The van der Waals surface area contributed by atoms with Gasteiger partial charge in [0.2, 0.25) is 0 Å². The molecular formula is C20H19FN4O. The van der Waals surface area contributed by atoms with Gasteiger partial charge in [-0.25, -0.2) is 4.39 Å². The van der Waals surface area contributed by atoms with E-state index in [2.05, 4.69) is 34.7 Å². The molecule has 0 atom stereocenters. The second-order valence-electron chi connectivity index (χ2n) is 6.14. The van der Waals surface area contributed by atoms with Gasteiger partial charge in [0.25, 0.3) is 5.91 Å². The summed E-state index contributed by atoms with van der Waals surface area (Å²) in [5.41, 5.74) is 2.57. The van der Waals surface area contributed by atoms with Crippen LogP contribution in [-0.4, -0.2) is 16.1 Å². The third-order valence-corrected chi connectivity index (χ3v) is 3.83. The molecule has 1 aromatic heterocycles. The Bertz CT molecular complexity index is 910. The average Bonchev–Trinajstić information content (AvgIpc) is 2.62. The van der Waals surface area contributed by atoms with Gasteiger partial charge in [0.05, 0.1) is 0 Å². The van der Waals surface area contributed by atoms with Crippen molar-refractivity contribution in [1.82, 2.24) is 10.2 Å². The number of amides is 1. The number of hydrogen-bond acceptors (Lipinski definition) is 4. The summed E-state index contributed by atoms with van der Waals surface area (Å²) in [6, 6.07) is 16.9. The molecule has 2 aromatic carbocycles. The minimum absolute atomic E-state index is 0.202. The summed E-state index contributed by atoms with van der Waals surface area (Å²) >= 11 is 0. The van der Waals surface area contributed by atoms with Crippen molar-refractivity contribution in [1.29, 1.82) is 0 Å². The minimum Gasteiger partial charge on any atom is -0.339 e. The Labute approximate surface area is 151 Å². The van der Waals surface area contributed by atoms with Gasteiger partial charge in [-0.15, -0.1) is 10.2 Å². The largest absolute Gasteiger partial charge is 0.339 e. The minimum atomic E-state index is -0.345. The third-order valence-electron chi connectivity index (χ3n) is 3.83. The summed E-state index contributed by atoms with van der Waals surface area (Å²) in [6.45, 7) is 4.13. The average molecular weight is 350 g/mol. The first kappa shape index (κ1) is 17.5. The standard InChI is InChI=1S/C20H19FN4O/c1-13(2)16-8-3-4-9-17(16)23-20(26)18-10-11-19(25-24-18)22-15-7-5-6-14(21)12-15/h3-13H,1-2H3,(H,22,25)(H,23,26). The van der Waals surface area contributed by atoms with Crippen molar-refractivity contribution in [3.63, 3.8) is 0 Å². The lowest BCUT2D eigenvalue weighted by atomic mass is 10.0. The van der Waals surface area contributed by atoms with Crippen LogP contribution in [0.2, 0.25) is 0 Å². The summed E-state index contributed by atoms with van der Waals surface area (Å²) in [4.78, 5) is 12.4. The van der Waals surface area contributed by atoms with Gasteiger partial charge < -0.3 is 10.6 Å². The smallest absolute Gasteiger partial charge is 0.276 e. The Morgan fingerprint density at radius 2 is 1.81 bits per heavy atom. The Morgan fingerprint density at radius 1 is 1.00 bits per heavy atom. The lowest BCUT2D eigenvalue weighted by Gasteiger charge is -2.13. The molecule has 0 saturated heterocycles. The molecule has 0 radical (unpaired) electrons. The monoisotopic (exact) mass is 350 g/mol. The first-order valence-electron chi connectivity index (χ1n) is 8.29. The number of carbonyl (C=O) groups is 1. The van der Waals surface area contributed by atoms with E-state index in [0.29, 0.717) is 11.5 Å². The highest BCUT2D eigenvalue weighted by Gasteiger charge is 2.12. The van der Waals surface area contributed by atoms with Crippen LogP contribution < -0.4 is 10.6 Å². The quantitative estimate of drug-likeness (QED) is 0.698. The zero-order valence-electron chi connectivity index (χ0n) is 14.5. The molecule has 0 bridgehead atoms. The SMILES string of the molecule is CC(C)c1ccccc1NC(=O)c1ccc(Nc2cccc(F)c2)nn1. The van der Waals surface area contributed by atoms with Gasteiger partial charge in [-0.2, -0.15) is 0 Å².